The molecule has 6 nitrogen and oxygen atoms in total. The Balaban J connectivity index is 1.98. The largest absolute Gasteiger partial charge is 0.497 e. The lowest BCUT2D eigenvalue weighted by atomic mass is 9.87. The van der Waals surface area contributed by atoms with Gasteiger partial charge in [0.25, 0.3) is 5.56 Å². The predicted molar refractivity (Wildman–Crippen MR) is 112 cm³/mol. The molecular formula is C21H19N3O3S. The molecule has 1 aliphatic rings. The Morgan fingerprint density at radius 1 is 1.00 bits per heavy atom. The molecule has 1 atom stereocenters. The van der Waals surface area contributed by atoms with E-state index < -0.39 is 0 Å². The minimum atomic E-state index is -0.355. The Morgan fingerprint density at radius 3 is 2.50 bits per heavy atom. The van der Waals surface area contributed by atoms with Gasteiger partial charge in [-0.15, -0.1) is 0 Å². The molecule has 2 aromatic carbocycles. The molecule has 1 aliphatic heterocycles. The number of aromatic amines is 2. The maximum atomic E-state index is 12.8. The fourth-order valence-corrected chi connectivity index (χ4v) is 3.63. The van der Waals surface area contributed by atoms with Crippen LogP contribution < -0.4 is 20.3 Å². The summed E-state index contributed by atoms with van der Waals surface area (Å²) in [6, 6.07) is 15.5. The van der Waals surface area contributed by atoms with Crippen LogP contribution in [0.15, 0.2) is 59.4 Å². The van der Waals surface area contributed by atoms with Gasteiger partial charge in [-0.1, -0.05) is 30.3 Å². The number of allylic oxidation sites excluding steroid dienone is 1. The smallest absolute Gasteiger partial charge is 0.257 e. The van der Waals surface area contributed by atoms with Gasteiger partial charge < -0.3 is 19.8 Å². The van der Waals surface area contributed by atoms with E-state index in [0.29, 0.717) is 22.9 Å². The number of nitrogens with one attached hydrogen (secondary N) is 3. The Kier molecular flexibility index (Phi) is 4.75. The highest BCUT2D eigenvalue weighted by molar-refractivity contribution is 7.71. The van der Waals surface area contributed by atoms with E-state index in [4.69, 9.17) is 21.7 Å². The lowest BCUT2D eigenvalue weighted by molar-refractivity contribution is 0.398. The molecular weight excluding hydrogens is 374 g/mol. The van der Waals surface area contributed by atoms with Crippen LogP contribution in [0.1, 0.15) is 22.6 Å². The molecule has 3 N–H and O–H groups in total. The molecule has 0 aliphatic carbocycles. The summed E-state index contributed by atoms with van der Waals surface area (Å²) in [7, 11) is 3.22. The van der Waals surface area contributed by atoms with E-state index in [1.54, 1.807) is 14.2 Å². The third-order valence-corrected chi connectivity index (χ3v) is 4.94. The summed E-state index contributed by atoms with van der Waals surface area (Å²) in [4.78, 5) is 18.5. The van der Waals surface area contributed by atoms with Crippen LogP contribution in [0.3, 0.4) is 0 Å². The second-order valence-corrected chi connectivity index (χ2v) is 6.76. The van der Waals surface area contributed by atoms with Gasteiger partial charge in [-0.05, 0) is 42.1 Å². The van der Waals surface area contributed by atoms with Gasteiger partial charge in [0.15, 0.2) is 4.77 Å². The lowest BCUT2D eigenvalue weighted by Crippen LogP contribution is -2.24. The summed E-state index contributed by atoms with van der Waals surface area (Å²) in [5.74, 6) is 1.58. The first-order chi connectivity index (χ1) is 13.6. The first-order valence-corrected chi connectivity index (χ1v) is 9.14. The van der Waals surface area contributed by atoms with E-state index in [9.17, 15) is 4.79 Å². The zero-order valence-electron chi connectivity index (χ0n) is 15.4. The second-order valence-electron chi connectivity index (χ2n) is 6.35. The maximum absolute atomic E-state index is 12.8. The second kappa shape index (κ2) is 7.36. The van der Waals surface area contributed by atoms with Crippen LogP contribution in [-0.4, -0.2) is 24.2 Å². The van der Waals surface area contributed by atoms with E-state index in [2.05, 4.69) is 15.3 Å². The summed E-state index contributed by atoms with van der Waals surface area (Å²) in [5, 5.41) is 3.31. The molecule has 0 fully saturated rings. The van der Waals surface area contributed by atoms with Gasteiger partial charge >= 0.3 is 0 Å². The quantitative estimate of drug-likeness (QED) is 0.583. The number of ether oxygens (including phenoxy) is 2. The number of H-pyrrole nitrogens is 2. The third kappa shape index (κ3) is 3.20. The van der Waals surface area contributed by atoms with Crippen LogP contribution in [0.5, 0.6) is 11.5 Å². The molecule has 28 heavy (non-hydrogen) atoms. The molecule has 7 heteroatoms. The molecule has 0 amide bonds. The highest BCUT2D eigenvalue weighted by atomic mass is 32.1. The number of rotatable bonds is 4. The van der Waals surface area contributed by atoms with Crippen LogP contribution in [0.4, 0.5) is 5.82 Å². The average Bonchev–Trinajstić information content (AvgIpc) is 2.72. The number of hydrogen-bond donors (Lipinski definition) is 3. The molecule has 0 saturated carbocycles. The minimum Gasteiger partial charge on any atom is -0.497 e. The van der Waals surface area contributed by atoms with Crippen LogP contribution >= 0.6 is 12.2 Å². The van der Waals surface area contributed by atoms with Crippen molar-refractivity contribution in [3.63, 3.8) is 0 Å². The number of aromatic nitrogens is 2. The molecule has 0 spiro atoms. The Bertz CT molecular complexity index is 1170. The van der Waals surface area contributed by atoms with Crippen molar-refractivity contribution >= 4 is 23.7 Å². The van der Waals surface area contributed by atoms with E-state index in [0.717, 1.165) is 16.8 Å². The van der Waals surface area contributed by atoms with Gasteiger partial charge in [0, 0.05) is 17.2 Å². The summed E-state index contributed by atoms with van der Waals surface area (Å²) in [6.07, 6.45) is 2.01. The van der Waals surface area contributed by atoms with Crippen molar-refractivity contribution < 1.29 is 9.47 Å². The van der Waals surface area contributed by atoms with Crippen LogP contribution in [0, 0.1) is 4.77 Å². The van der Waals surface area contributed by atoms with Crippen molar-refractivity contribution in [3.05, 3.63) is 86.4 Å². The molecule has 4 rings (SSSR count). The fraction of sp³-hybridized carbons (Fsp3) is 0.143. The highest BCUT2D eigenvalue weighted by Gasteiger charge is 2.28. The molecule has 1 unspecified atom stereocenters. The van der Waals surface area contributed by atoms with Gasteiger partial charge in [-0.3, -0.25) is 9.78 Å². The van der Waals surface area contributed by atoms with Gasteiger partial charge in [0.2, 0.25) is 0 Å². The monoisotopic (exact) mass is 393 g/mol. The van der Waals surface area contributed by atoms with Crippen molar-refractivity contribution in [2.75, 3.05) is 19.5 Å². The standard InChI is InChI=1S/C21H19N3O3S/c1-26-13-8-9-17(27-2)14(10-13)15-11-16(12-6-4-3-5-7-12)22-19-18(15)20(25)24-21(28)23-19/h3-11,15H,1-2H3,(H3,22,23,24,25,28). The molecule has 0 bridgehead atoms. The van der Waals surface area contributed by atoms with Crippen molar-refractivity contribution in [3.8, 4) is 11.5 Å². The lowest BCUT2D eigenvalue weighted by Gasteiger charge is -2.26. The summed E-state index contributed by atoms with van der Waals surface area (Å²) in [6.45, 7) is 0. The first-order valence-electron chi connectivity index (χ1n) is 8.73. The fourth-order valence-electron chi connectivity index (χ4n) is 3.43. The molecule has 0 radical (unpaired) electrons. The maximum Gasteiger partial charge on any atom is 0.257 e. The summed E-state index contributed by atoms with van der Waals surface area (Å²) >= 11 is 5.17. The summed E-state index contributed by atoms with van der Waals surface area (Å²) in [5.41, 5.74) is 3.00. The van der Waals surface area contributed by atoms with Crippen LogP contribution in [0.2, 0.25) is 0 Å². The Morgan fingerprint density at radius 2 is 1.79 bits per heavy atom. The van der Waals surface area contributed by atoms with Crippen molar-refractivity contribution in [1.29, 1.82) is 0 Å². The number of benzene rings is 2. The van der Waals surface area contributed by atoms with E-state index in [1.165, 1.54) is 0 Å². The number of hydrogen-bond acceptors (Lipinski definition) is 5. The van der Waals surface area contributed by atoms with Crippen molar-refractivity contribution in [1.82, 2.24) is 9.97 Å². The number of fused-ring (bicyclic) bond motifs is 1. The topological polar surface area (TPSA) is 79.1 Å². The van der Waals surface area contributed by atoms with E-state index in [1.807, 2.05) is 54.6 Å². The van der Waals surface area contributed by atoms with Gasteiger partial charge in [-0.25, -0.2) is 0 Å². The van der Waals surface area contributed by atoms with Gasteiger partial charge in [-0.2, -0.15) is 0 Å². The zero-order chi connectivity index (χ0) is 19.7. The molecule has 3 aromatic rings. The van der Waals surface area contributed by atoms with E-state index >= 15 is 0 Å². The zero-order valence-corrected chi connectivity index (χ0v) is 16.2. The first kappa shape index (κ1) is 18.1. The van der Waals surface area contributed by atoms with Crippen LogP contribution in [0.25, 0.3) is 5.70 Å². The van der Waals surface area contributed by atoms with Crippen molar-refractivity contribution in [2.24, 2.45) is 0 Å². The number of anilines is 1. The SMILES string of the molecule is COc1ccc(OC)c(C2C=C(c3ccccc3)Nc3[nH]c(=S)[nH]c(=O)c32)c1. The van der Waals surface area contributed by atoms with Crippen molar-refractivity contribution in [2.45, 2.75) is 5.92 Å². The Labute approximate surface area is 166 Å². The van der Waals surface area contributed by atoms with Gasteiger partial charge in [0.05, 0.1) is 19.8 Å². The molecule has 0 saturated heterocycles. The average molecular weight is 393 g/mol. The highest BCUT2D eigenvalue weighted by Crippen LogP contribution is 2.41. The predicted octanol–water partition coefficient (Wildman–Crippen LogP) is 4.05. The summed E-state index contributed by atoms with van der Waals surface area (Å²) < 4.78 is 11.2. The Hall–Kier alpha value is -3.32. The normalized spacial score (nSPS) is 15.2. The van der Waals surface area contributed by atoms with E-state index in [-0.39, 0.29) is 16.2 Å². The molecule has 1 aromatic heterocycles. The number of methoxy groups -OCH3 is 2. The third-order valence-electron chi connectivity index (χ3n) is 4.74. The van der Waals surface area contributed by atoms with Gasteiger partial charge in [0.1, 0.15) is 17.3 Å². The molecule has 142 valence electrons. The minimum absolute atomic E-state index is 0.246. The molecule has 2 heterocycles. The van der Waals surface area contributed by atoms with Crippen LogP contribution in [-0.2, 0) is 0 Å².